The van der Waals surface area contributed by atoms with Gasteiger partial charge in [-0.15, -0.1) is 24.8 Å². The monoisotopic (exact) mass is 393 g/mol. The largest absolute Gasteiger partial charge is 0.441 e. The van der Waals surface area contributed by atoms with Gasteiger partial charge in [0.1, 0.15) is 0 Å². The fourth-order valence-electron chi connectivity index (χ4n) is 2.01. The van der Waals surface area contributed by atoms with Crippen LogP contribution in [0.2, 0.25) is 5.02 Å². The number of nitrogens with two attached hydrogens (primary N) is 1. The molecule has 2 aromatic rings. The lowest BCUT2D eigenvalue weighted by atomic mass is 10.2. The van der Waals surface area contributed by atoms with E-state index < -0.39 is 0 Å². The minimum Gasteiger partial charge on any atom is -0.441 e. The third-order valence-electron chi connectivity index (χ3n) is 3.64. The Morgan fingerprint density at radius 3 is 2.67 bits per heavy atom. The molecule has 0 aliphatic carbocycles. The van der Waals surface area contributed by atoms with Crippen molar-refractivity contribution in [1.29, 1.82) is 0 Å². The van der Waals surface area contributed by atoms with Crippen LogP contribution in [0.3, 0.4) is 0 Å². The van der Waals surface area contributed by atoms with Gasteiger partial charge in [0.15, 0.2) is 11.7 Å². The molecule has 24 heavy (non-hydrogen) atoms. The van der Waals surface area contributed by atoms with Gasteiger partial charge in [-0.2, -0.15) is 0 Å². The van der Waals surface area contributed by atoms with Crippen LogP contribution in [0.25, 0.3) is 11.3 Å². The zero-order chi connectivity index (χ0) is 16.1. The van der Waals surface area contributed by atoms with Gasteiger partial charge in [0.05, 0.1) is 11.2 Å². The van der Waals surface area contributed by atoms with E-state index in [1.807, 2.05) is 25.1 Å². The minimum atomic E-state index is 0. The Kier molecular flexibility index (Phi) is 10.0. The summed E-state index contributed by atoms with van der Waals surface area (Å²) in [6.07, 6.45) is 2.42. The van der Waals surface area contributed by atoms with E-state index in [-0.39, 0.29) is 36.8 Å². The van der Waals surface area contributed by atoms with E-state index in [0.29, 0.717) is 36.1 Å². The number of hydrogen-bond donors (Lipinski definition) is 1. The van der Waals surface area contributed by atoms with Gasteiger partial charge in [0.25, 0.3) is 0 Å². The topological polar surface area (TPSA) is 72.4 Å². The molecule has 0 bridgehead atoms. The van der Waals surface area contributed by atoms with E-state index in [2.05, 4.69) is 4.98 Å². The van der Waals surface area contributed by atoms with Crippen LogP contribution in [0.1, 0.15) is 19.2 Å². The number of amides is 1. The Bertz CT molecular complexity index is 649. The molecule has 5 nitrogen and oxygen atoms in total. The summed E-state index contributed by atoms with van der Waals surface area (Å²) in [5, 5.41) is 0.609. The molecule has 0 saturated heterocycles. The van der Waals surface area contributed by atoms with Gasteiger partial charge in [0.2, 0.25) is 5.91 Å². The maximum Gasteiger partial charge on any atom is 0.223 e. The van der Waals surface area contributed by atoms with Crippen molar-refractivity contribution in [2.45, 2.75) is 25.8 Å². The molecule has 0 spiro atoms. The first-order valence-electron chi connectivity index (χ1n) is 7.18. The normalized spacial score (nSPS) is 11.2. The molecule has 1 aromatic carbocycles. The van der Waals surface area contributed by atoms with Gasteiger partial charge in [-0.05, 0) is 19.1 Å². The Morgan fingerprint density at radius 2 is 2.04 bits per heavy atom. The van der Waals surface area contributed by atoms with Crippen LogP contribution in [0.4, 0.5) is 0 Å². The SMILES string of the molecule is CC(CN)N(C)C(=O)CCc1ncc(-c2ccccc2Cl)o1.Cl.Cl. The molecule has 8 heteroatoms. The van der Waals surface area contributed by atoms with Crippen LogP contribution in [0.5, 0.6) is 0 Å². The van der Waals surface area contributed by atoms with Crippen molar-refractivity contribution in [3.05, 3.63) is 41.4 Å². The highest BCUT2D eigenvalue weighted by molar-refractivity contribution is 6.33. The maximum atomic E-state index is 12.0. The Morgan fingerprint density at radius 1 is 1.38 bits per heavy atom. The zero-order valence-electron chi connectivity index (χ0n) is 13.6. The van der Waals surface area contributed by atoms with Gasteiger partial charge in [-0.25, -0.2) is 4.98 Å². The lowest BCUT2D eigenvalue weighted by molar-refractivity contribution is -0.131. The van der Waals surface area contributed by atoms with Gasteiger partial charge in [-0.1, -0.05) is 23.7 Å². The molecule has 1 aromatic heterocycles. The Hall–Kier alpha value is -1.27. The standard InChI is InChI=1S/C16H20ClN3O2.2ClH/c1-11(9-18)20(2)16(21)8-7-15-19-10-14(22-15)12-5-3-4-6-13(12)17;;/h3-6,10-11H,7-9,18H2,1-2H3;2*1H. The van der Waals surface area contributed by atoms with Crippen molar-refractivity contribution in [1.82, 2.24) is 9.88 Å². The lowest BCUT2D eigenvalue weighted by Gasteiger charge is -2.23. The number of aryl methyl sites for hydroxylation is 1. The van der Waals surface area contributed by atoms with Crippen LogP contribution < -0.4 is 5.73 Å². The summed E-state index contributed by atoms with van der Waals surface area (Å²) in [6, 6.07) is 7.43. The second-order valence-corrected chi connectivity index (χ2v) is 5.59. The molecule has 1 amide bonds. The predicted molar refractivity (Wildman–Crippen MR) is 101 cm³/mol. The quantitative estimate of drug-likeness (QED) is 0.813. The molecule has 134 valence electrons. The molecule has 1 atom stereocenters. The third kappa shape index (κ3) is 5.67. The summed E-state index contributed by atoms with van der Waals surface area (Å²) in [5.41, 5.74) is 6.36. The number of aromatic nitrogens is 1. The average molecular weight is 395 g/mol. The van der Waals surface area contributed by atoms with Crippen molar-refractivity contribution in [2.24, 2.45) is 5.73 Å². The fraction of sp³-hybridized carbons (Fsp3) is 0.375. The summed E-state index contributed by atoms with van der Waals surface area (Å²) in [5.74, 6) is 1.16. The number of carbonyl (C=O) groups is 1. The number of nitrogens with zero attached hydrogens (tertiary/aromatic N) is 2. The third-order valence-corrected chi connectivity index (χ3v) is 3.97. The second kappa shape index (κ2) is 10.6. The lowest BCUT2D eigenvalue weighted by Crippen LogP contribution is -2.39. The van der Waals surface area contributed by atoms with Gasteiger partial charge < -0.3 is 15.1 Å². The Balaban J connectivity index is 0.00000264. The fourth-order valence-corrected chi connectivity index (χ4v) is 2.23. The number of carbonyl (C=O) groups excluding carboxylic acids is 1. The van der Waals surface area contributed by atoms with Crippen molar-refractivity contribution in [3.63, 3.8) is 0 Å². The van der Waals surface area contributed by atoms with Crippen LogP contribution in [-0.4, -0.2) is 35.4 Å². The number of oxazole rings is 1. The molecule has 2 rings (SSSR count). The first-order valence-corrected chi connectivity index (χ1v) is 7.56. The smallest absolute Gasteiger partial charge is 0.223 e. The molecule has 0 saturated carbocycles. The minimum absolute atomic E-state index is 0. The molecule has 0 aliphatic heterocycles. The van der Waals surface area contributed by atoms with Crippen molar-refractivity contribution in [3.8, 4) is 11.3 Å². The van der Waals surface area contributed by atoms with E-state index in [1.165, 1.54) is 0 Å². The average Bonchev–Trinajstić information content (AvgIpc) is 3.00. The zero-order valence-corrected chi connectivity index (χ0v) is 16.0. The predicted octanol–water partition coefficient (Wildman–Crippen LogP) is 3.58. The highest BCUT2D eigenvalue weighted by atomic mass is 35.5. The molecule has 1 heterocycles. The molecule has 0 fully saturated rings. The van der Waals surface area contributed by atoms with Gasteiger partial charge in [-0.3, -0.25) is 4.79 Å². The van der Waals surface area contributed by atoms with Crippen LogP contribution in [0.15, 0.2) is 34.9 Å². The van der Waals surface area contributed by atoms with Crippen molar-refractivity contribution >= 4 is 42.3 Å². The van der Waals surface area contributed by atoms with E-state index in [1.54, 1.807) is 24.2 Å². The Labute approximate surface area is 159 Å². The number of halogens is 3. The summed E-state index contributed by atoms with van der Waals surface area (Å²) in [7, 11) is 1.75. The summed E-state index contributed by atoms with van der Waals surface area (Å²) >= 11 is 6.13. The second-order valence-electron chi connectivity index (χ2n) is 5.19. The van der Waals surface area contributed by atoms with E-state index in [4.69, 9.17) is 21.8 Å². The molecule has 2 N–H and O–H groups in total. The van der Waals surface area contributed by atoms with Gasteiger partial charge >= 0.3 is 0 Å². The van der Waals surface area contributed by atoms with Gasteiger partial charge in [0, 0.05) is 38.0 Å². The molecular formula is C16H22Cl3N3O2. The molecule has 1 unspecified atom stereocenters. The summed E-state index contributed by atoms with van der Waals surface area (Å²) in [6.45, 7) is 2.36. The van der Waals surface area contributed by atoms with Crippen LogP contribution in [-0.2, 0) is 11.2 Å². The van der Waals surface area contributed by atoms with Crippen LogP contribution >= 0.6 is 36.4 Å². The maximum absolute atomic E-state index is 12.0. The number of rotatable bonds is 6. The number of likely N-dealkylation sites (N-methyl/N-ethyl adjacent to an activating group) is 1. The number of benzene rings is 1. The van der Waals surface area contributed by atoms with E-state index in [0.717, 1.165) is 5.56 Å². The summed E-state index contributed by atoms with van der Waals surface area (Å²) in [4.78, 5) is 17.9. The summed E-state index contributed by atoms with van der Waals surface area (Å²) < 4.78 is 5.68. The number of hydrogen-bond acceptors (Lipinski definition) is 4. The molecular weight excluding hydrogens is 373 g/mol. The van der Waals surface area contributed by atoms with E-state index in [9.17, 15) is 4.79 Å². The van der Waals surface area contributed by atoms with Crippen molar-refractivity contribution in [2.75, 3.05) is 13.6 Å². The van der Waals surface area contributed by atoms with E-state index >= 15 is 0 Å². The van der Waals surface area contributed by atoms with Crippen LogP contribution in [0, 0.1) is 0 Å². The van der Waals surface area contributed by atoms with Crippen molar-refractivity contribution < 1.29 is 9.21 Å². The molecule has 0 aliphatic rings. The molecule has 0 radical (unpaired) electrons. The first-order chi connectivity index (χ1) is 10.5. The highest BCUT2D eigenvalue weighted by Gasteiger charge is 2.16. The first kappa shape index (κ1) is 22.7. The highest BCUT2D eigenvalue weighted by Crippen LogP contribution is 2.28.